The largest absolute Gasteiger partial charge is 0.496 e. The molecule has 1 amide bonds. The third-order valence-corrected chi connectivity index (χ3v) is 3.99. The second-order valence-electron chi connectivity index (χ2n) is 6.36. The van der Waals surface area contributed by atoms with E-state index in [9.17, 15) is 18.0 Å². The molecule has 0 aliphatic carbocycles. The number of aromatic nitrogens is 1. The number of halogens is 3. The van der Waals surface area contributed by atoms with Gasteiger partial charge >= 0.3 is 13.3 Å². The van der Waals surface area contributed by atoms with Crippen LogP contribution in [-0.2, 0) is 9.31 Å². The van der Waals surface area contributed by atoms with Crippen LogP contribution in [-0.4, -0.2) is 41.9 Å². The van der Waals surface area contributed by atoms with E-state index in [2.05, 4.69) is 4.98 Å². The van der Waals surface area contributed by atoms with Gasteiger partial charge in [-0.15, -0.1) is 0 Å². The molecular weight excluding hydrogens is 312 g/mol. The Hall–Kier alpha value is -1.61. The van der Waals surface area contributed by atoms with Gasteiger partial charge in [0.05, 0.1) is 11.2 Å². The van der Waals surface area contributed by atoms with E-state index in [1.165, 1.54) is 12.3 Å². The lowest BCUT2D eigenvalue weighted by atomic mass is 9.80. The number of nitrogens with one attached hydrogen (secondary N) is 1. The monoisotopic (exact) mass is 330 g/mol. The molecule has 0 radical (unpaired) electrons. The van der Waals surface area contributed by atoms with E-state index in [1.807, 2.05) is 27.7 Å². The molecule has 1 aliphatic rings. The molecule has 0 atom stereocenters. The SMILES string of the molecule is CC1(C)OB(c2ccc(C(=O)NCC(F)(F)F)nc2)OC1(C)C. The van der Waals surface area contributed by atoms with Crippen molar-refractivity contribution in [2.75, 3.05) is 6.54 Å². The minimum atomic E-state index is -4.46. The maximum absolute atomic E-state index is 12.1. The van der Waals surface area contributed by atoms with Crippen molar-refractivity contribution in [1.82, 2.24) is 10.3 Å². The van der Waals surface area contributed by atoms with Gasteiger partial charge in [0.25, 0.3) is 5.91 Å². The zero-order valence-corrected chi connectivity index (χ0v) is 13.3. The molecule has 1 aliphatic heterocycles. The first-order valence-electron chi connectivity index (χ1n) is 7.08. The van der Waals surface area contributed by atoms with Crippen molar-refractivity contribution in [2.45, 2.75) is 45.1 Å². The molecule has 2 heterocycles. The summed E-state index contributed by atoms with van der Waals surface area (Å²) in [6.45, 7) is 6.21. The average molecular weight is 330 g/mol. The van der Waals surface area contributed by atoms with Crippen molar-refractivity contribution < 1.29 is 27.3 Å². The Labute approximate surface area is 132 Å². The normalized spacial score (nSPS) is 19.7. The molecule has 9 heteroatoms. The molecule has 0 saturated carbocycles. The highest BCUT2D eigenvalue weighted by molar-refractivity contribution is 6.62. The standard InChI is InChI=1S/C14H18BF3N2O3/c1-12(2)13(3,4)23-15(22-12)9-5-6-10(19-7-9)11(21)20-8-14(16,17)18/h5-7H,8H2,1-4H3,(H,20,21). The van der Waals surface area contributed by atoms with Crippen molar-refractivity contribution in [3.63, 3.8) is 0 Å². The Bertz CT molecular complexity index is 572. The van der Waals surface area contributed by atoms with Crippen molar-refractivity contribution in [3.05, 3.63) is 24.0 Å². The van der Waals surface area contributed by atoms with E-state index in [0.717, 1.165) is 0 Å². The number of pyridine rings is 1. The fraction of sp³-hybridized carbons (Fsp3) is 0.571. The topological polar surface area (TPSA) is 60.5 Å². The first-order chi connectivity index (χ1) is 10.4. The van der Waals surface area contributed by atoms with Gasteiger partial charge in [-0.05, 0) is 33.8 Å². The Morgan fingerprint density at radius 3 is 2.22 bits per heavy atom. The number of carbonyl (C=O) groups is 1. The quantitative estimate of drug-likeness (QED) is 0.857. The van der Waals surface area contributed by atoms with Gasteiger partial charge in [0.15, 0.2) is 0 Å². The Morgan fingerprint density at radius 1 is 1.22 bits per heavy atom. The van der Waals surface area contributed by atoms with Crippen LogP contribution in [0.4, 0.5) is 13.2 Å². The zero-order chi connectivity index (χ0) is 17.5. The summed E-state index contributed by atoms with van der Waals surface area (Å²) in [5.41, 5.74) is -0.536. The number of carbonyl (C=O) groups excluding carboxylic acids is 1. The van der Waals surface area contributed by atoms with Crippen LogP contribution in [0.2, 0.25) is 0 Å². The molecule has 2 rings (SSSR count). The van der Waals surface area contributed by atoms with E-state index >= 15 is 0 Å². The maximum Gasteiger partial charge on any atom is 0.496 e. The van der Waals surface area contributed by atoms with E-state index in [4.69, 9.17) is 9.31 Å². The van der Waals surface area contributed by atoms with Crippen LogP contribution in [0.3, 0.4) is 0 Å². The number of alkyl halides is 3. The Kier molecular flexibility index (Phi) is 4.47. The molecule has 0 aromatic carbocycles. The van der Waals surface area contributed by atoms with Gasteiger partial charge in [0, 0.05) is 11.7 Å². The first-order valence-corrected chi connectivity index (χ1v) is 7.08. The Morgan fingerprint density at radius 2 is 1.78 bits per heavy atom. The molecule has 1 aromatic heterocycles. The third-order valence-electron chi connectivity index (χ3n) is 3.99. The molecule has 0 bridgehead atoms. The van der Waals surface area contributed by atoms with E-state index < -0.39 is 36.9 Å². The van der Waals surface area contributed by atoms with Crippen LogP contribution in [0, 0.1) is 0 Å². The number of rotatable bonds is 3. The van der Waals surface area contributed by atoms with Gasteiger partial charge in [0.1, 0.15) is 12.2 Å². The molecule has 1 fully saturated rings. The molecule has 0 unspecified atom stereocenters. The summed E-state index contributed by atoms with van der Waals surface area (Å²) in [7, 11) is -0.639. The smallest absolute Gasteiger partial charge is 0.399 e. The molecular formula is C14H18BF3N2O3. The van der Waals surface area contributed by atoms with Gasteiger partial charge in [-0.1, -0.05) is 6.07 Å². The van der Waals surface area contributed by atoms with Crippen LogP contribution >= 0.6 is 0 Å². The lowest BCUT2D eigenvalue weighted by Gasteiger charge is -2.32. The number of hydrogen-bond donors (Lipinski definition) is 1. The lowest BCUT2D eigenvalue weighted by Crippen LogP contribution is -2.41. The predicted octanol–water partition coefficient (Wildman–Crippen LogP) is 1.67. The lowest BCUT2D eigenvalue weighted by molar-refractivity contribution is -0.123. The summed E-state index contributed by atoms with van der Waals surface area (Å²) < 4.78 is 47.9. The highest BCUT2D eigenvalue weighted by Crippen LogP contribution is 2.36. The number of amides is 1. The van der Waals surface area contributed by atoms with E-state index in [-0.39, 0.29) is 5.69 Å². The van der Waals surface area contributed by atoms with Gasteiger partial charge < -0.3 is 14.6 Å². The molecule has 1 saturated heterocycles. The highest BCUT2D eigenvalue weighted by atomic mass is 19.4. The van der Waals surface area contributed by atoms with E-state index in [0.29, 0.717) is 5.46 Å². The number of hydrogen-bond acceptors (Lipinski definition) is 4. The first kappa shape index (κ1) is 17.7. The molecule has 1 aromatic rings. The average Bonchev–Trinajstić information content (AvgIpc) is 2.64. The molecule has 1 N–H and O–H groups in total. The second-order valence-corrected chi connectivity index (χ2v) is 6.36. The summed E-state index contributed by atoms with van der Waals surface area (Å²) >= 11 is 0. The highest BCUT2D eigenvalue weighted by Gasteiger charge is 2.51. The van der Waals surface area contributed by atoms with Crippen LogP contribution in [0.15, 0.2) is 18.3 Å². The zero-order valence-electron chi connectivity index (χ0n) is 13.3. The van der Waals surface area contributed by atoms with Crippen LogP contribution < -0.4 is 10.8 Å². The van der Waals surface area contributed by atoms with Crippen molar-refractivity contribution in [3.8, 4) is 0 Å². The van der Waals surface area contributed by atoms with Crippen LogP contribution in [0.1, 0.15) is 38.2 Å². The van der Waals surface area contributed by atoms with Gasteiger partial charge in [-0.3, -0.25) is 9.78 Å². The fourth-order valence-corrected chi connectivity index (χ4v) is 1.93. The van der Waals surface area contributed by atoms with E-state index in [1.54, 1.807) is 11.4 Å². The minimum Gasteiger partial charge on any atom is -0.399 e. The molecule has 126 valence electrons. The minimum absolute atomic E-state index is 0.102. The van der Waals surface area contributed by atoms with Crippen molar-refractivity contribution in [2.24, 2.45) is 0 Å². The van der Waals surface area contributed by atoms with Crippen molar-refractivity contribution in [1.29, 1.82) is 0 Å². The molecule has 23 heavy (non-hydrogen) atoms. The van der Waals surface area contributed by atoms with Gasteiger partial charge in [0.2, 0.25) is 0 Å². The fourth-order valence-electron chi connectivity index (χ4n) is 1.93. The molecule has 5 nitrogen and oxygen atoms in total. The van der Waals surface area contributed by atoms with Crippen LogP contribution in [0.5, 0.6) is 0 Å². The molecule has 0 spiro atoms. The van der Waals surface area contributed by atoms with Crippen molar-refractivity contribution >= 4 is 18.5 Å². The third kappa shape index (κ3) is 4.03. The summed E-state index contributed by atoms with van der Waals surface area (Å²) in [5.74, 6) is -0.886. The summed E-state index contributed by atoms with van der Waals surface area (Å²) in [6, 6.07) is 2.89. The van der Waals surface area contributed by atoms with Gasteiger partial charge in [-0.25, -0.2) is 0 Å². The maximum atomic E-state index is 12.1. The van der Waals surface area contributed by atoms with Gasteiger partial charge in [-0.2, -0.15) is 13.2 Å². The Balaban J connectivity index is 2.05. The summed E-state index contributed by atoms with van der Waals surface area (Å²) in [4.78, 5) is 15.5. The summed E-state index contributed by atoms with van der Waals surface area (Å²) in [5, 5.41) is 1.77. The second kappa shape index (κ2) is 5.79. The predicted molar refractivity (Wildman–Crippen MR) is 78.3 cm³/mol. The summed E-state index contributed by atoms with van der Waals surface area (Å²) in [6.07, 6.45) is -3.09. The number of nitrogens with zero attached hydrogens (tertiary/aromatic N) is 1. The van der Waals surface area contributed by atoms with Crippen LogP contribution in [0.25, 0.3) is 0 Å².